The van der Waals surface area contributed by atoms with Gasteiger partial charge in [0.25, 0.3) is 0 Å². The van der Waals surface area contributed by atoms with E-state index in [1.807, 2.05) is 0 Å². The Kier molecular flexibility index (Phi) is 8.10. The number of ketones is 1. The smallest absolute Gasteiger partial charge is 0.319 e. The average molecular weight is 562 g/mol. The number of allylic oxidation sites excluding steroid dienone is 2. The van der Waals surface area contributed by atoms with Crippen LogP contribution in [0.15, 0.2) is 11.6 Å². The van der Waals surface area contributed by atoms with Gasteiger partial charge < -0.3 is 30.9 Å². The predicted molar refractivity (Wildman–Crippen MR) is 150 cm³/mol. The van der Waals surface area contributed by atoms with Gasteiger partial charge in [0.1, 0.15) is 24.1 Å². The molecule has 0 bridgehead atoms. The quantitative estimate of drug-likeness (QED) is 0.234. The van der Waals surface area contributed by atoms with Gasteiger partial charge in [-0.2, -0.15) is 0 Å². The number of carboxylic acids is 1. The van der Waals surface area contributed by atoms with Crippen molar-refractivity contribution in [3.8, 4) is 0 Å². The molecule has 8 heteroatoms. The van der Waals surface area contributed by atoms with Crippen LogP contribution in [0.5, 0.6) is 0 Å². The lowest BCUT2D eigenvalue weighted by Crippen LogP contribution is -2.69. The van der Waals surface area contributed by atoms with Crippen molar-refractivity contribution in [1.82, 2.24) is 0 Å². The number of aliphatic hydroxyl groups excluding tert-OH is 3. The van der Waals surface area contributed by atoms with Crippen LogP contribution < -0.4 is 5.73 Å². The molecule has 0 radical (unpaired) electrons. The van der Waals surface area contributed by atoms with Gasteiger partial charge >= 0.3 is 5.97 Å². The van der Waals surface area contributed by atoms with Crippen LogP contribution in [0, 0.1) is 45.8 Å². The number of carbonyl (C=O) groups excluding carboxylic acids is 1. The molecule has 0 spiro atoms. The molecule has 0 aromatic heterocycles. The van der Waals surface area contributed by atoms with Crippen LogP contribution in [0.2, 0.25) is 0 Å². The number of Topliss-reactive ketones (excluding diaryl/α,β-unsaturated/α-hetero) is 1. The zero-order valence-corrected chi connectivity index (χ0v) is 24.7. The maximum atomic E-state index is 13.3. The van der Waals surface area contributed by atoms with E-state index >= 15 is 0 Å². The second kappa shape index (κ2) is 10.7. The third-order valence-electron chi connectivity index (χ3n) is 12.9. The first kappa shape index (κ1) is 30.1. The lowest BCUT2D eigenvalue weighted by molar-refractivity contribution is -0.224. The van der Waals surface area contributed by atoms with Gasteiger partial charge in [-0.15, -0.1) is 0 Å². The summed E-state index contributed by atoms with van der Waals surface area (Å²) in [5.74, 6) is 0.195. The molecule has 1 heterocycles. The SMILES string of the molecule is CC(=O)C(C[C@@H](C)[C@H]1CC[C@H]2[C@@H]3CC=C4CCCC[C@]4(C)[C@H]3CC[C@]12C)(C(=O)O)C1O[C@H](CO)[C@@H](O)[C@H](O)[C@H]1N. The van der Waals surface area contributed by atoms with Gasteiger partial charge in [-0.05, 0) is 105 Å². The van der Waals surface area contributed by atoms with Crippen molar-refractivity contribution < 1.29 is 34.8 Å². The largest absolute Gasteiger partial charge is 0.480 e. The van der Waals surface area contributed by atoms with E-state index in [0.29, 0.717) is 23.2 Å². The monoisotopic (exact) mass is 561 g/mol. The molecule has 5 aliphatic rings. The number of ether oxygens (including phenoxy) is 1. The summed E-state index contributed by atoms with van der Waals surface area (Å²) in [6.07, 6.45) is 7.80. The molecular weight excluding hydrogens is 510 g/mol. The second-order valence-electron chi connectivity index (χ2n) is 14.5. The number of hydrogen-bond acceptors (Lipinski definition) is 7. The molecule has 2 unspecified atom stereocenters. The number of rotatable bonds is 7. The fourth-order valence-corrected chi connectivity index (χ4v) is 10.7. The highest BCUT2D eigenvalue weighted by Crippen LogP contribution is 2.67. The molecular formula is C32H51NO7. The van der Waals surface area contributed by atoms with Crippen molar-refractivity contribution in [2.75, 3.05) is 6.61 Å². The van der Waals surface area contributed by atoms with Crippen molar-refractivity contribution in [2.24, 2.45) is 51.6 Å². The van der Waals surface area contributed by atoms with Crippen molar-refractivity contribution in [1.29, 1.82) is 0 Å². The zero-order valence-electron chi connectivity index (χ0n) is 24.7. The van der Waals surface area contributed by atoms with E-state index in [9.17, 15) is 30.0 Å². The first-order valence-electron chi connectivity index (χ1n) is 15.6. The molecule has 3 saturated carbocycles. The summed E-state index contributed by atoms with van der Waals surface area (Å²) in [6.45, 7) is 7.62. The normalized spacial score (nSPS) is 47.2. The molecule has 40 heavy (non-hydrogen) atoms. The van der Waals surface area contributed by atoms with Crippen LogP contribution in [0.25, 0.3) is 0 Å². The van der Waals surface area contributed by atoms with Crippen molar-refractivity contribution in [3.05, 3.63) is 11.6 Å². The topological polar surface area (TPSA) is 150 Å². The average Bonchev–Trinajstić information content (AvgIpc) is 3.27. The Hall–Kier alpha value is -1.32. The van der Waals surface area contributed by atoms with Crippen LogP contribution in [0.4, 0.5) is 0 Å². The Balaban J connectivity index is 1.42. The maximum Gasteiger partial charge on any atom is 0.319 e. The molecule has 0 amide bonds. The number of aliphatic hydroxyl groups is 3. The molecule has 5 rings (SSSR count). The third-order valence-corrected chi connectivity index (χ3v) is 12.9. The van der Waals surface area contributed by atoms with Crippen LogP contribution in [-0.4, -0.2) is 69.2 Å². The summed E-state index contributed by atoms with van der Waals surface area (Å²) in [5.41, 5.74) is 6.34. The Labute approximate surface area is 238 Å². The van der Waals surface area contributed by atoms with Gasteiger partial charge in [-0.1, -0.05) is 38.8 Å². The van der Waals surface area contributed by atoms with Crippen molar-refractivity contribution in [2.45, 2.75) is 122 Å². The van der Waals surface area contributed by atoms with E-state index in [0.717, 1.165) is 25.7 Å². The first-order valence-corrected chi connectivity index (χ1v) is 15.6. The highest BCUT2D eigenvalue weighted by molar-refractivity contribution is 6.02. The number of carboxylic acid groups (broad SMARTS) is 1. The number of fused-ring (bicyclic) bond motifs is 5. The third kappa shape index (κ3) is 4.34. The molecule has 8 nitrogen and oxygen atoms in total. The van der Waals surface area contributed by atoms with E-state index in [1.165, 1.54) is 39.0 Å². The second-order valence-corrected chi connectivity index (χ2v) is 14.5. The van der Waals surface area contributed by atoms with Gasteiger partial charge in [0.2, 0.25) is 0 Å². The summed E-state index contributed by atoms with van der Waals surface area (Å²) in [5, 5.41) is 41.3. The molecule has 6 N–H and O–H groups in total. The van der Waals surface area contributed by atoms with E-state index in [4.69, 9.17) is 10.5 Å². The van der Waals surface area contributed by atoms with Crippen molar-refractivity contribution in [3.63, 3.8) is 0 Å². The van der Waals surface area contributed by atoms with Gasteiger partial charge in [-0.3, -0.25) is 9.59 Å². The Bertz CT molecular complexity index is 1010. The van der Waals surface area contributed by atoms with E-state index in [-0.39, 0.29) is 23.7 Å². The van der Waals surface area contributed by atoms with Crippen LogP contribution >= 0.6 is 0 Å². The minimum absolute atomic E-state index is 0.0415. The van der Waals surface area contributed by atoms with E-state index in [2.05, 4.69) is 26.8 Å². The van der Waals surface area contributed by atoms with Gasteiger partial charge in [0.15, 0.2) is 5.41 Å². The fourth-order valence-electron chi connectivity index (χ4n) is 10.7. The lowest BCUT2D eigenvalue weighted by atomic mass is 9.47. The zero-order chi connectivity index (χ0) is 29.2. The van der Waals surface area contributed by atoms with Crippen molar-refractivity contribution >= 4 is 11.8 Å². The Morgan fingerprint density at radius 3 is 2.50 bits per heavy atom. The highest BCUT2D eigenvalue weighted by atomic mass is 16.5. The highest BCUT2D eigenvalue weighted by Gasteiger charge is 2.62. The minimum atomic E-state index is -1.99. The maximum absolute atomic E-state index is 13.3. The lowest BCUT2D eigenvalue weighted by Gasteiger charge is -2.58. The summed E-state index contributed by atoms with van der Waals surface area (Å²) in [7, 11) is 0. The van der Waals surface area contributed by atoms with Gasteiger partial charge in [0.05, 0.1) is 18.8 Å². The molecule has 1 saturated heterocycles. The van der Waals surface area contributed by atoms with Gasteiger partial charge in [0, 0.05) is 0 Å². The van der Waals surface area contributed by atoms with Crippen LogP contribution in [-0.2, 0) is 14.3 Å². The molecule has 4 fully saturated rings. The number of hydrogen-bond donors (Lipinski definition) is 5. The standard InChI is InChI=1S/C32H51NO7/c1-17(15-32(18(2)35,29(38)39)28-25(33)27(37)26(36)24(16-34)40-28)21-10-11-22-20-9-8-19-7-5-6-13-30(19,3)23(20)12-14-31(21,22)4/h8,17,20-28,34,36-37H,5-7,9-16,33H2,1-4H3,(H,38,39)/t17-,20+,21-,22+,23+,24-,25-,26-,27-,28?,30+,31-,32?/m1/s1. The van der Waals surface area contributed by atoms with E-state index < -0.39 is 54.2 Å². The Morgan fingerprint density at radius 1 is 1.12 bits per heavy atom. The number of nitrogens with two attached hydrogens (primary N) is 1. The van der Waals surface area contributed by atoms with Crippen LogP contribution in [0.1, 0.15) is 91.9 Å². The summed E-state index contributed by atoms with van der Waals surface area (Å²) < 4.78 is 5.85. The summed E-state index contributed by atoms with van der Waals surface area (Å²) in [6, 6.07) is -1.29. The summed E-state index contributed by atoms with van der Waals surface area (Å²) >= 11 is 0. The van der Waals surface area contributed by atoms with Crippen LogP contribution in [0.3, 0.4) is 0 Å². The first-order chi connectivity index (χ1) is 18.8. The molecule has 0 aromatic rings. The Morgan fingerprint density at radius 2 is 1.85 bits per heavy atom. The molecule has 4 aliphatic carbocycles. The fraction of sp³-hybridized carbons (Fsp3) is 0.875. The van der Waals surface area contributed by atoms with Gasteiger partial charge in [-0.25, -0.2) is 0 Å². The molecule has 13 atom stereocenters. The minimum Gasteiger partial charge on any atom is -0.480 e. The number of carbonyl (C=O) groups is 2. The summed E-state index contributed by atoms with van der Waals surface area (Å²) in [4.78, 5) is 26.3. The molecule has 1 aliphatic heterocycles. The van der Waals surface area contributed by atoms with E-state index in [1.54, 1.807) is 5.57 Å². The predicted octanol–water partition coefficient (Wildman–Crippen LogP) is 3.45. The molecule has 0 aromatic carbocycles. The molecule has 226 valence electrons. The number of aliphatic carboxylic acids is 1.